The average molecular weight is 267 g/mol. The molecule has 0 aliphatic carbocycles. The fourth-order valence-electron chi connectivity index (χ4n) is 1.43. The summed E-state index contributed by atoms with van der Waals surface area (Å²) in [5, 5.41) is 3.20. The average Bonchev–Trinajstić information content (AvgIpc) is 2.32. The lowest BCUT2D eigenvalue weighted by molar-refractivity contribution is 0.126. The molecular weight excluding hydrogens is 242 g/mol. The minimum atomic E-state index is 0.264. The van der Waals surface area contributed by atoms with Crippen LogP contribution in [-0.2, 0) is 4.74 Å². The molecule has 0 atom stereocenters. The Hall–Kier alpha value is -1.40. The number of hydrogen-bond donors (Lipinski definition) is 2. The molecule has 108 valence electrons. The Kier molecular flexibility index (Phi) is 6.52. The number of nitrogens with zero attached hydrogens (tertiary/aromatic N) is 3. The van der Waals surface area contributed by atoms with Crippen molar-refractivity contribution in [2.75, 3.05) is 51.4 Å². The maximum atomic E-state index is 5.75. The summed E-state index contributed by atoms with van der Waals surface area (Å²) in [7, 11) is 4.05. The molecule has 0 aliphatic rings. The Morgan fingerprint density at radius 3 is 2.68 bits per heavy atom. The van der Waals surface area contributed by atoms with Gasteiger partial charge in [0.1, 0.15) is 17.5 Å². The van der Waals surface area contributed by atoms with Crippen LogP contribution in [-0.4, -0.2) is 55.3 Å². The number of nitrogens with one attached hydrogen (secondary N) is 1. The molecule has 3 N–H and O–H groups in total. The lowest BCUT2D eigenvalue weighted by Gasteiger charge is -2.11. The van der Waals surface area contributed by atoms with E-state index < -0.39 is 0 Å². The summed E-state index contributed by atoms with van der Waals surface area (Å²) < 4.78 is 5.50. The first-order valence-corrected chi connectivity index (χ1v) is 6.60. The van der Waals surface area contributed by atoms with Crippen molar-refractivity contribution in [3.8, 4) is 0 Å². The van der Waals surface area contributed by atoms with Gasteiger partial charge in [-0.1, -0.05) is 13.8 Å². The standard InChI is InChI=1S/C13H25N5O/c1-10(2)13-16-11(14)9-12(17-13)15-5-7-19-8-6-18(3)4/h9-10H,5-8H2,1-4H3,(H3,14,15,16,17). The Bertz CT molecular complexity index is 381. The molecule has 0 saturated heterocycles. The summed E-state index contributed by atoms with van der Waals surface area (Å²) in [5.41, 5.74) is 5.75. The molecule has 0 spiro atoms. The van der Waals surface area contributed by atoms with Crippen molar-refractivity contribution in [3.05, 3.63) is 11.9 Å². The predicted molar refractivity (Wildman–Crippen MR) is 78.4 cm³/mol. The monoisotopic (exact) mass is 267 g/mol. The maximum Gasteiger partial charge on any atom is 0.135 e. The van der Waals surface area contributed by atoms with E-state index in [1.165, 1.54) is 0 Å². The molecule has 1 heterocycles. The van der Waals surface area contributed by atoms with E-state index in [4.69, 9.17) is 10.5 Å². The Morgan fingerprint density at radius 2 is 2.05 bits per heavy atom. The van der Waals surface area contributed by atoms with E-state index >= 15 is 0 Å². The fourth-order valence-corrected chi connectivity index (χ4v) is 1.43. The van der Waals surface area contributed by atoms with E-state index in [1.54, 1.807) is 6.07 Å². The van der Waals surface area contributed by atoms with E-state index in [9.17, 15) is 0 Å². The van der Waals surface area contributed by atoms with Gasteiger partial charge in [0.15, 0.2) is 0 Å². The molecule has 0 aliphatic heterocycles. The van der Waals surface area contributed by atoms with Crippen LogP contribution in [0.25, 0.3) is 0 Å². The van der Waals surface area contributed by atoms with Crippen LogP contribution < -0.4 is 11.1 Å². The van der Waals surface area contributed by atoms with Crippen LogP contribution in [0.4, 0.5) is 11.6 Å². The van der Waals surface area contributed by atoms with Gasteiger partial charge in [-0.15, -0.1) is 0 Å². The summed E-state index contributed by atoms with van der Waals surface area (Å²) in [6.07, 6.45) is 0. The van der Waals surface area contributed by atoms with E-state index in [1.807, 2.05) is 27.9 Å². The molecule has 0 unspecified atom stereocenters. The van der Waals surface area contributed by atoms with Gasteiger partial charge in [-0.3, -0.25) is 0 Å². The molecule has 0 radical (unpaired) electrons. The lowest BCUT2D eigenvalue weighted by Crippen LogP contribution is -2.20. The van der Waals surface area contributed by atoms with Crippen molar-refractivity contribution >= 4 is 11.6 Å². The van der Waals surface area contributed by atoms with Crippen molar-refractivity contribution in [2.45, 2.75) is 19.8 Å². The zero-order valence-corrected chi connectivity index (χ0v) is 12.3. The number of anilines is 2. The van der Waals surface area contributed by atoms with Gasteiger partial charge in [0.25, 0.3) is 0 Å². The molecule has 0 bridgehead atoms. The molecule has 0 saturated carbocycles. The van der Waals surface area contributed by atoms with Gasteiger partial charge in [0.05, 0.1) is 13.2 Å². The number of nitrogen functional groups attached to an aromatic ring is 1. The van der Waals surface area contributed by atoms with Crippen molar-refractivity contribution in [1.82, 2.24) is 14.9 Å². The van der Waals surface area contributed by atoms with Crippen LogP contribution in [0.5, 0.6) is 0 Å². The highest BCUT2D eigenvalue weighted by Gasteiger charge is 2.06. The quantitative estimate of drug-likeness (QED) is 0.689. The van der Waals surface area contributed by atoms with Gasteiger partial charge in [0, 0.05) is 25.1 Å². The van der Waals surface area contributed by atoms with Gasteiger partial charge >= 0.3 is 0 Å². The number of hydrogen-bond acceptors (Lipinski definition) is 6. The largest absolute Gasteiger partial charge is 0.384 e. The zero-order valence-electron chi connectivity index (χ0n) is 12.3. The minimum absolute atomic E-state index is 0.264. The second-order valence-corrected chi connectivity index (χ2v) is 5.03. The summed E-state index contributed by atoms with van der Waals surface area (Å²) in [6.45, 7) is 7.11. The zero-order chi connectivity index (χ0) is 14.3. The Labute approximate surface area is 115 Å². The van der Waals surface area contributed by atoms with Crippen molar-refractivity contribution in [3.63, 3.8) is 0 Å². The molecule has 0 amide bonds. The van der Waals surface area contributed by atoms with Crippen LogP contribution in [0.15, 0.2) is 6.07 Å². The first kappa shape index (κ1) is 15.7. The summed E-state index contributed by atoms with van der Waals surface area (Å²) in [5.74, 6) is 2.28. The smallest absolute Gasteiger partial charge is 0.135 e. The van der Waals surface area contributed by atoms with E-state index in [0.717, 1.165) is 24.8 Å². The van der Waals surface area contributed by atoms with Gasteiger partial charge in [0.2, 0.25) is 0 Å². The molecule has 1 aromatic rings. The highest BCUT2D eigenvalue weighted by Crippen LogP contribution is 2.14. The first-order valence-electron chi connectivity index (χ1n) is 6.60. The fraction of sp³-hybridized carbons (Fsp3) is 0.692. The number of likely N-dealkylation sites (N-methyl/N-ethyl adjacent to an activating group) is 1. The third kappa shape index (κ3) is 6.35. The first-order chi connectivity index (χ1) is 8.99. The van der Waals surface area contributed by atoms with Gasteiger partial charge < -0.3 is 20.7 Å². The molecule has 19 heavy (non-hydrogen) atoms. The van der Waals surface area contributed by atoms with Crippen molar-refractivity contribution in [1.29, 1.82) is 0 Å². The number of ether oxygens (including phenoxy) is 1. The van der Waals surface area contributed by atoms with Crippen LogP contribution in [0.2, 0.25) is 0 Å². The molecule has 6 heteroatoms. The second kappa shape index (κ2) is 7.91. The molecular formula is C13H25N5O. The van der Waals surface area contributed by atoms with E-state index in [0.29, 0.717) is 19.0 Å². The summed E-state index contributed by atoms with van der Waals surface area (Å²) in [6, 6.07) is 1.74. The second-order valence-electron chi connectivity index (χ2n) is 5.03. The van der Waals surface area contributed by atoms with Gasteiger partial charge in [-0.25, -0.2) is 9.97 Å². The molecule has 1 rings (SSSR count). The van der Waals surface area contributed by atoms with Crippen LogP contribution >= 0.6 is 0 Å². The van der Waals surface area contributed by atoms with E-state index in [-0.39, 0.29) is 5.92 Å². The number of aromatic nitrogens is 2. The summed E-state index contributed by atoms with van der Waals surface area (Å²) >= 11 is 0. The normalized spacial score (nSPS) is 11.3. The molecule has 1 aromatic heterocycles. The highest BCUT2D eigenvalue weighted by atomic mass is 16.5. The third-order valence-electron chi connectivity index (χ3n) is 2.52. The SMILES string of the molecule is CC(C)c1nc(N)cc(NCCOCCN(C)C)n1. The maximum absolute atomic E-state index is 5.75. The number of nitrogens with two attached hydrogens (primary N) is 1. The van der Waals surface area contributed by atoms with Crippen LogP contribution in [0.3, 0.4) is 0 Å². The Balaban J connectivity index is 2.33. The van der Waals surface area contributed by atoms with Gasteiger partial charge in [-0.05, 0) is 14.1 Å². The van der Waals surface area contributed by atoms with Crippen LogP contribution in [0, 0.1) is 0 Å². The Morgan fingerprint density at radius 1 is 1.32 bits per heavy atom. The number of rotatable bonds is 8. The highest BCUT2D eigenvalue weighted by molar-refractivity contribution is 5.44. The predicted octanol–water partition coefficient (Wildman–Crippen LogP) is 1.17. The molecule has 0 fully saturated rings. The van der Waals surface area contributed by atoms with Gasteiger partial charge in [-0.2, -0.15) is 0 Å². The molecule has 0 aromatic carbocycles. The summed E-state index contributed by atoms with van der Waals surface area (Å²) in [4.78, 5) is 10.7. The topological polar surface area (TPSA) is 76.3 Å². The minimum Gasteiger partial charge on any atom is -0.384 e. The van der Waals surface area contributed by atoms with Crippen LogP contribution in [0.1, 0.15) is 25.6 Å². The van der Waals surface area contributed by atoms with Crippen molar-refractivity contribution in [2.24, 2.45) is 0 Å². The van der Waals surface area contributed by atoms with E-state index in [2.05, 4.69) is 20.2 Å². The lowest BCUT2D eigenvalue weighted by atomic mass is 10.2. The van der Waals surface area contributed by atoms with Crippen molar-refractivity contribution < 1.29 is 4.74 Å². The molecule has 6 nitrogen and oxygen atoms in total. The third-order valence-corrected chi connectivity index (χ3v) is 2.52.